The minimum Gasteiger partial charge on any atom is -0.467 e. The highest BCUT2D eigenvalue weighted by molar-refractivity contribution is 14.1. The Kier molecular flexibility index (Phi) is 5.44. The van der Waals surface area contributed by atoms with Gasteiger partial charge in [0.15, 0.2) is 0 Å². The lowest BCUT2D eigenvalue weighted by molar-refractivity contribution is -0.144. The van der Waals surface area contributed by atoms with Crippen LogP contribution in [0.2, 0.25) is 0 Å². The van der Waals surface area contributed by atoms with E-state index in [1.807, 2.05) is 30.3 Å². The van der Waals surface area contributed by atoms with Gasteiger partial charge in [0.1, 0.15) is 6.04 Å². The zero-order valence-electron chi connectivity index (χ0n) is 12.7. The molecule has 0 spiro atoms. The quantitative estimate of drug-likeness (QED) is 0.560. The van der Waals surface area contributed by atoms with Gasteiger partial charge in [-0.25, -0.2) is 9.59 Å². The van der Waals surface area contributed by atoms with Crippen molar-refractivity contribution < 1.29 is 19.1 Å². The Morgan fingerprint density at radius 2 is 1.91 bits per heavy atom. The lowest BCUT2D eigenvalue weighted by Crippen LogP contribution is -2.42. The summed E-state index contributed by atoms with van der Waals surface area (Å²) in [6.07, 6.45) is -0.359. The van der Waals surface area contributed by atoms with Gasteiger partial charge in [0.25, 0.3) is 0 Å². The topological polar surface area (TPSA) is 55.8 Å². The van der Waals surface area contributed by atoms with Crippen LogP contribution in [0.1, 0.15) is 25.8 Å². The Hall–Kier alpha value is -1.57. The molecule has 0 N–H and O–H groups in total. The summed E-state index contributed by atoms with van der Waals surface area (Å²) in [7, 11) is 1.32. The standard InChI is InChI=1S/C16H18INO4/c1-10(2)22-16(20)18-13(15(19)21-3)9-12(17)14(18)11-7-5-4-6-8-11/h4-8,10,13H,9H2,1-3H3/t13-/m0/s1. The van der Waals surface area contributed by atoms with Gasteiger partial charge in [0, 0.05) is 10.0 Å². The second-order valence-corrected chi connectivity index (χ2v) is 6.47. The van der Waals surface area contributed by atoms with Crippen LogP contribution in [0.3, 0.4) is 0 Å². The maximum atomic E-state index is 12.5. The van der Waals surface area contributed by atoms with E-state index >= 15 is 0 Å². The van der Waals surface area contributed by atoms with Crippen LogP contribution in [0.4, 0.5) is 4.79 Å². The average Bonchev–Trinajstić information content (AvgIpc) is 2.84. The van der Waals surface area contributed by atoms with E-state index in [9.17, 15) is 9.59 Å². The SMILES string of the molecule is COC(=O)[C@@H]1CC(I)=C(c2ccccc2)N1C(=O)OC(C)C. The van der Waals surface area contributed by atoms with Crippen LogP contribution in [0.25, 0.3) is 5.70 Å². The molecule has 0 unspecified atom stereocenters. The third-order valence-electron chi connectivity index (χ3n) is 3.24. The molecule has 1 amide bonds. The molecule has 0 aliphatic carbocycles. The molecule has 22 heavy (non-hydrogen) atoms. The van der Waals surface area contributed by atoms with E-state index in [-0.39, 0.29) is 6.10 Å². The number of benzene rings is 1. The molecule has 0 fully saturated rings. The molecular weight excluding hydrogens is 397 g/mol. The van der Waals surface area contributed by atoms with Gasteiger partial charge in [0.2, 0.25) is 0 Å². The second-order valence-electron chi connectivity index (χ2n) is 5.17. The number of carbonyl (C=O) groups excluding carboxylic acids is 2. The van der Waals surface area contributed by atoms with Crippen molar-refractivity contribution in [1.82, 2.24) is 4.90 Å². The summed E-state index contributed by atoms with van der Waals surface area (Å²) in [5.74, 6) is -0.444. The summed E-state index contributed by atoms with van der Waals surface area (Å²) >= 11 is 2.17. The minimum absolute atomic E-state index is 0.263. The summed E-state index contributed by atoms with van der Waals surface area (Å²) in [6, 6.07) is 8.82. The van der Waals surface area contributed by atoms with Gasteiger partial charge in [0.05, 0.1) is 18.9 Å². The highest BCUT2D eigenvalue weighted by Gasteiger charge is 2.42. The summed E-state index contributed by atoms with van der Waals surface area (Å²) in [5, 5.41) is 0. The fourth-order valence-corrected chi connectivity index (χ4v) is 3.33. The molecule has 1 aliphatic heterocycles. The smallest absolute Gasteiger partial charge is 0.415 e. The van der Waals surface area contributed by atoms with Crippen LogP contribution < -0.4 is 0 Å². The molecule has 1 atom stereocenters. The number of rotatable bonds is 3. The summed E-state index contributed by atoms with van der Waals surface area (Å²) < 4.78 is 11.1. The second kappa shape index (κ2) is 7.13. The van der Waals surface area contributed by atoms with E-state index in [2.05, 4.69) is 22.6 Å². The highest BCUT2D eigenvalue weighted by Crippen LogP contribution is 2.40. The van der Waals surface area contributed by atoms with Crippen molar-refractivity contribution in [3.63, 3.8) is 0 Å². The molecule has 0 radical (unpaired) electrons. The number of esters is 1. The number of ether oxygens (including phenoxy) is 2. The summed E-state index contributed by atoms with van der Waals surface area (Å²) in [4.78, 5) is 25.9. The van der Waals surface area contributed by atoms with Gasteiger partial charge >= 0.3 is 12.1 Å². The molecule has 1 aliphatic rings. The minimum atomic E-state index is -0.682. The Labute approximate surface area is 143 Å². The van der Waals surface area contributed by atoms with Gasteiger partial charge in [-0.15, -0.1) is 0 Å². The fourth-order valence-electron chi connectivity index (χ4n) is 2.34. The largest absolute Gasteiger partial charge is 0.467 e. The molecule has 0 saturated heterocycles. The Balaban J connectivity index is 2.42. The van der Waals surface area contributed by atoms with E-state index in [0.717, 1.165) is 9.14 Å². The average molecular weight is 415 g/mol. The molecule has 0 aromatic heterocycles. The number of hydrogen-bond donors (Lipinski definition) is 0. The number of nitrogens with zero attached hydrogens (tertiary/aromatic N) is 1. The zero-order valence-corrected chi connectivity index (χ0v) is 14.9. The number of hydrogen-bond acceptors (Lipinski definition) is 4. The van der Waals surface area contributed by atoms with Crippen LogP contribution in [-0.2, 0) is 14.3 Å². The molecule has 1 aromatic carbocycles. The lowest BCUT2D eigenvalue weighted by Gasteiger charge is -2.26. The summed E-state index contributed by atoms with van der Waals surface area (Å²) in [5.41, 5.74) is 1.58. The van der Waals surface area contributed by atoms with Gasteiger partial charge < -0.3 is 9.47 Å². The predicted octanol–water partition coefficient (Wildman–Crippen LogP) is 3.58. The van der Waals surface area contributed by atoms with E-state index in [0.29, 0.717) is 12.1 Å². The zero-order chi connectivity index (χ0) is 16.3. The first-order valence-electron chi connectivity index (χ1n) is 6.97. The summed E-state index contributed by atoms with van der Waals surface area (Å²) in [6.45, 7) is 3.55. The van der Waals surface area contributed by atoms with Gasteiger partial charge in [-0.2, -0.15) is 0 Å². The van der Waals surface area contributed by atoms with Crippen LogP contribution in [0.5, 0.6) is 0 Å². The predicted molar refractivity (Wildman–Crippen MR) is 91.3 cm³/mol. The van der Waals surface area contributed by atoms with Crippen LogP contribution in [-0.4, -0.2) is 36.2 Å². The number of carbonyl (C=O) groups is 2. The molecular formula is C16H18INO4. The molecule has 118 valence electrons. The third-order valence-corrected chi connectivity index (χ3v) is 4.19. The van der Waals surface area contributed by atoms with Crippen molar-refractivity contribution in [2.24, 2.45) is 0 Å². The maximum absolute atomic E-state index is 12.5. The molecule has 1 heterocycles. The Bertz CT molecular complexity index is 597. The molecule has 0 bridgehead atoms. The van der Waals surface area contributed by atoms with E-state index < -0.39 is 18.1 Å². The third kappa shape index (κ3) is 3.43. The first-order valence-corrected chi connectivity index (χ1v) is 8.05. The first kappa shape index (κ1) is 16.8. The highest BCUT2D eigenvalue weighted by atomic mass is 127. The Morgan fingerprint density at radius 3 is 2.45 bits per heavy atom. The molecule has 0 saturated carbocycles. The normalized spacial score (nSPS) is 17.9. The van der Waals surface area contributed by atoms with Crippen LogP contribution >= 0.6 is 22.6 Å². The van der Waals surface area contributed by atoms with Crippen molar-refractivity contribution in [3.05, 3.63) is 39.5 Å². The van der Waals surface area contributed by atoms with Crippen molar-refractivity contribution >= 4 is 40.4 Å². The van der Waals surface area contributed by atoms with Gasteiger partial charge in [-0.05, 0) is 42.0 Å². The van der Waals surface area contributed by atoms with Crippen LogP contribution in [0.15, 0.2) is 33.9 Å². The fraction of sp³-hybridized carbons (Fsp3) is 0.375. The Morgan fingerprint density at radius 1 is 1.27 bits per heavy atom. The van der Waals surface area contributed by atoms with Gasteiger partial charge in [-0.1, -0.05) is 30.3 Å². The van der Waals surface area contributed by atoms with Crippen molar-refractivity contribution in [1.29, 1.82) is 0 Å². The number of methoxy groups -OCH3 is 1. The monoisotopic (exact) mass is 415 g/mol. The van der Waals surface area contributed by atoms with Crippen molar-refractivity contribution in [2.75, 3.05) is 7.11 Å². The van der Waals surface area contributed by atoms with Crippen molar-refractivity contribution in [2.45, 2.75) is 32.4 Å². The maximum Gasteiger partial charge on any atom is 0.415 e. The molecule has 6 heteroatoms. The molecule has 5 nitrogen and oxygen atoms in total. The molecule has 2 rings (SSSR count). The first-order chi connectivity index (χ1) is 10.5. The number of amides is 1. The van der Waals surface area contributed by atoms with E-state index in [1.165, 1.54) is 12.0 Å². The van der Waals surface area contributed by atoms with Gasteiger partial charge in [-0.3, -0.25) is 4.90 Å². The number of halogens is 1. The van der Waals surface area contributed by atoms with E-state index in [4.69, 9.17) is 9.47 Å². The molecule has 1 aromatic rings. The lowest BCUT2D eigenvalue weighted by atomic mass is 10.1. The van der Waals surface area contributed by atoms with Crippen molar-refractivity contribution in [3.8, 4) is 0 Å². The van der Waals surface area contributed by atoms with Crippen LogP contribution in [0, 0.1) is 0 Å². The van der Waals surface area contributed by atoms with E-state index in [1.54, 1.807) is 13.8 Å².